The van der Waals surface area contributed by atoms with E-state index in [1.165, 1.54) is 0 Å². The number of aryl methyl sites for hydroxylation is 1. The van der Waals surface area contributed by atoms with E-state index < -0.39 is 5.41 Å². The minimum absolute atomic E-state index is 0.585. The van der Waals surface area contributed by atoms with Crippen molar-refractivity contribution in [1.29, 1.82) is 5.26 Å². The molecule has 146 valence electrons. The highest BCUT2D eigenvalue weighted by Gasteiger charge is 2.38. The van der Waals surface area contributed by atoms with Gasteiger partial charge in [0, 0.05) is 26.7 Å². The summed E-state index contributed by atoms with van der Waals surface area (Å²) >= 11 is 13.0. The molecule has 0 N–H and O–H groups in total. The van der Waals surface area contributed by atoms with Crippen molar-refractivity contribution in [2.75, 3.05) is 0 Å². The van der Waals surface area contributed by atoms with E-state index in [1.807, 2.05) is 60.7 Å². The third-order valence-corrected chi connectivity index (χ3v) is 6.65. The molecule has 0 saturated heterocycles. The van der Waals surface area contributed by atoms with Crippen LogP contribution in [0.3, 0.4) is 0 Å². The summed E-state index contributed by atoms with van der Waals surface area (Å²) < 4.78 is 0. The molecule has 0 fully saturated rings. The molecule has 30 heavy (non-hydrogen) atoms. The third-order valence-electron chi connectivity index (χ3n) is 6.08. The van der Waals surface area contributed by atoms with Gasteiger partial charge in [-0.3, -0.25) is 4.98 Å². The average molecular weight is 429 g/mol. The largest absolute Gasteiger partial charge is 0.253 e. The molecule has 0 unspecified atom stereocenters. The second kappa shape index (κ2) is 7.43. The van der Waals surface area contributed by atoms with Crippen molar-refractivity contribution in [3.63, 3.8) is 0 Å². The minimum atomic E-state index is -0.585. The smallest absolute Gasteiger partial charge is 0.0867 e. The Morgan fingerprint density at radius 3 is 2.47 bits per heavy atom. The molecule has 0 bridgehead atoms. The Hall–Kier alpha value is -2.86. The van der Waals surface area contributed by atoms with Crippen LogP contribution in [-0.2, 0) is 18.3 Å². The highest BCUT2D eigenvalue weighted by Crippen LogP contribution is 2.45. The summed E-state index contributed by atoms with van der Waals surface area (Å²) in [4.78, 5) is 4.96. The van der Waals surface area contributed by atoms with Crippen LogP contribution in [0.15, 0.2) is 72.8 Å². The van der Waals surface area contributed by atoms with Crippen molar-refractivity contribution < 1.29 is 0 Å². The molecule has 1 heterocycles. The summed E-state index contributed by atoms with van der Waals surface area (Å²) in [6, 6.07) is 26.3. The Kier molecular flexibility index (Phi) is 4.74. The van der Waals surface area contributed by atoms with E-state index in [4.69, 9.17) is 28.2 Å². The van der Waals surface area contributed by atoms with Crippen LogP contribution in [0.1, 0.15) is 23.2 Å². The molecular weight excluding hydrogens is 411 g/mol. The average Bonchev–Trinajstić information content (AvgIpc) is 2.78. The van der Waals surface area contributed by atoms with Crippen molar-refractivity contribution in [2.24, 2.45) is 0 Å². The summed E-state index contributed by atoms with van der Waals surface area (Å²) in [6.45, 7) is 0. The maximum Gasteiger partial charge on any atom is 0.0867 e. The molecule has 0 aliphatic heterocycles. The first-order valence-corrected chi connectivity index (χ1v) is 10.7. The minimum Gasteiger partial charge on any atom is -0.253 e. The van der Waals surface area contributed by atoms with E-state index in [-0.39, 0.29) is 0 Å². The van der Waals surface area contributed by atoms with Crippen molar-refractivity contribution >= 4 is 34.1 Å². The fourth-order valence-electron chi connectivity index (χ4n) is 4.58. The first kappa shape index (κ1) is 19.1. The molecule has 0 radical (unpaired) electrons. The molecule has 0 saturated carbocycles. The normalized spacial score (nSPS) is 18.0. The highest BCUT2D eigenvalue weighted by atomic mass is 35.5. The first-order valence-electron chi connectivity index (χ1n) is 9.94. The number of nitrogens with zero attached hydrogens (tertiary/aromatic N) is 2. The summed E-state index contributed by atoms with van der Waals surface area (Å²) in [5.41, 5.74) is 5.49. The third kappa shape index (κ3) is 3.06. The molecule has 2 nitrogen and oxygen atoms in total. The summed E-state index contributed by atoms with van der Waals surface area (Å²) in [5, 5.41) is 12.6. The molecule has 4 aromatic rings. The Morgan fingerprint density at radius 2 is 1.70 bits per heavy atom. The van der Waals surface area contributed by atoms with Gasteiger partial charge in [-0.2, -0.15) is 5.26 Å². The summed E-state index contributed by atoms with van der Waals surface area (Å²) in [6.07, 6.45) is 2.08. The Bertz CT molecular complexity index is 1310. The lowest BCUT2D eigenvalue weighted by molar-refractivity contribution is 0.468. The molecule has 1 atom stereocenters. The number of hydrogen-bond donors (Lipinski definition) is 0. The van der Waals surface area contributed by atoms with Gasteiger partial charge in [-0.25, -0.2) is 0 Å². The van der Waals surface area contributed by atoms with Crippen molar-refractivity contribution in [3.05, 3.63) is 99.7 Å². The molecule has 1 aliphatic rings. The second-order valence-electron chi connectivity index (χ2n) is 7.79. The Morgan fingerprint density at radius 1 is 0.933 bits per heavy atom. The maximum atomic E-state index is 10.3. The quantitative estimate of drug-likeness (QED) is 0.339. The summed E-state index contributed by atoms with van der Waals surface area (Å²) in [7, 11) is 0. The van der Waals surface area contributed by atoms with Gasteiger partial charge in [0.1, 0.15) is 0 Å². The first-order chi connectivity index (χ1) is 14.6. The zero-order valence-corrected chi connectivity index (χ0v) is 17.7. The van der Waals surface area contributed by atoms with Crippen LogP contribution in [0.25, 0.3) is 22.0 Å². The molecule has 0 amide bonds. The molecule has 3 aromatic carbocycles. The fourth-order valence-corrected chi connectivity index (χ4v) is 4.98. The van der Waals surface area contributed by atoms with Crippen molar-refractivity contribution in [3.8, 4) is 17.2 Å². The van der Waals surface area contributed by atoms with Crippen LogP contribution in [0.4, 0.5) is 0 Å². The molecule has 1 aromatic heterocycles. The van der Waals surface area contributed by atoms with Gasteiger partial charge in [-0.05, 0) is 60.2 Å². The highest BCUT2D eigenvalue weighted by molar-refractivity contribution is 6.34. The number of pyridine rings is 1. The van der Waals surface area contributed by atoms with Crippen LogP contribution in [-0.4, -0.2) is 4.98 Å². The van der Waals surface area contributed by atoms with Gasteiger partial charge in [-0.15, -0.1) is 0 Å². The second-order valence-corrected chi connectivity index (χ2v) is 8.63. The van der Waals surface area contributed by atoms with E-state index >= 15 is 0 Å². The zero-order chi connectivity index (χ0) is 20.7. The van der Waals surface area contributed by atoms with Crippen LogP contribution >= 0.6 is 23.2 Å². The van der Waals surface area contributed by atoms with E-state index in [0.717, 1.165) is 51.7 Å². The fraction of sp³-hybridized carbons (Fsp3) is 0.154. The lowest BCUT2D eigenvalue weighted by atomic mass is 9.68. The van der Waals surface area contributed by atoms with Crippen molar-refractivity contribution in [1.82, 2.24) is 4.98 Å². The molecule has 4 heteroatoms. The van der Waals surface area contributed by atoms with Gasteiger partial charge in [0.2, 0.25) is 0 Å². The Balaban J connectivity index is 1.82. The number of nitriles is 1. The number of hydrogen-bond acceptors (Lipinski definition) is 2. The predicted octanol–water partition coefficient (Wildman–Crippen LogP) is 7.16. The van der Waals surface area contributed by atoms with Gasteiger partial charge < -0.3 is 0 Å². The van der Waals surface area contributed by atoms with Crippen LogP contribution < -0.4 is 0 Å². The molecular formula is C26H18Cl2N2. The van der Waals surface area contributed by atoms with Gasteiger partial charge >= 0.3 is 0 Å². The van der Waals surface area contributed by atoms with Gasteiger partial charge in [0.25, 0.3) is 0 Å². The number of aromatic nitrogens is 1. The number of benzene rings is 3. The zero-order valence-electron chi connectivity index (χ0n) is 16.2. The lowest BCUT2D eigenvalue weighted by Crippen LogP contribution is -2.33. The number of halogens is 2. The van der Waals surface area contributed by atoms with Gasteiger partial charge in [0.05, 0.1) is 17.0 Å². The maximum absolute atomic E-state index is 10.3. The monoisotopic (exact) mass is 428 g/mol. The SMILES string of the molecule is N#C[C@@]1(c2ccccc2)CCc2nc3ccc(Cl)cc3c(-c3ccccc3Cl)c2C1. The topological polar surface area (TPSA) is 36.7 Å². The van der Waals surface area contributed by atoms with E-state index in [0.29, 0.717) is 16.5 Å². The van der Waals surface area contributed by atoms with Crippen molar-refractivity contribution in [2.45, 2.75) is 24.7 Å². The van der Waals surface area contributed by atoms with Crippen LogP contribution in [0, 0.1) is 11.3 Å². The van der Waals surface area contributed by atoms with E-state index in [1.54, 1.807) is 0 Å². The predicted molar refractivity (Wildman–Crippen MR) is 123 cm³/mol. The van der Waals surface area contributed by atoms with Crippen LogP contribution in [0.2, 0.25) is 10.0 Å². The molecule has 5 rings (SSSR count). The Labute approximate surface area is 185 Å². The lowest BCUT2D eigenvalue weighted by Gasteiger charge is -2.34. The van der Waals surface area contributed by atoms with Gasteiger partial charge in [0.15, 0.2) is 0 Å². The summed E-state index contributed by atoms with van der Waals surface area (Å²) in [5.74, 6) is 0. The molecule has 1 aliphatic carbocycles. The van der Waals surface area contributed by atoms with E-state index in [9.17, 15) is 5.26 Å². The number of fused-ring (bicyclic) bond motifs is 2. The van der Waals surface area contributed by atoms with Gasteiger partial charge in [-0.1, -0.05) is 71.7 Å². The molecule has 0 spiro atoms. The van der Waals surface area contributed by atoms with Crippen LogP contribution in [0.5, 0.6) is 0 Å². The van der Waals surface area contributed by atoms with E-state index in [2.05, 4.69) is 18.2 Å². The number of rotatable bonds is 2. The standard InChI is InChI=1S/C26H18Cl2N2/c27-18-10-11-23-20(14-18)25(19-8-4-5-9-22(19)28)21-15-26(16-29,13-12-24(21)30-23)17-6-2-1-3-7-17/h1-11,14H,12-13,15H2/t26-/m1/s1.